The molecule has 1 aromatic heterocycles. The molecular weight excluding hydrogens is 685 g/mol. The molecule has 57 heavy (non-hydrogen) atoms. The zero-order valence-corrected chi connectivity index (χ0v) is 32.5. The van der Waals surface area contributed by atoms with Crippen molar-refractivity contribution < 1.29 is 0 Å². The summed E-state index contributed by atoms with van der Waals surface area (Å²) in [6.07, 6.45) is 6.30. The minimum atomic E-state index is -0.129. The number of nitrogens with zero attached hydrogens (tertiary/aromatic N) is 3. The van der Waals surface area contributed by atoms with Gasteiger partial charge in [0.25, 0.3) is 0 Å². The Kier molecular flexibility index (Phi) is 8.77. The number of hydrogen-bond donors (Lipinski definition) is 0. The third-order valence-corrected chi connectivity index (χ3v) is 13.8. The van der Waals surface area contributed by atoms with Gasteiger partial charge in [-0.2, -0.15) is 0 Å². The van der Waals surface area contributed by atoms with Crippen molar-refractivity contribution in [1.29, 1.82) is 0 Å². The molecule has 10 radical (unpaired) electrons. The zero-order valence-electron chi connectivity index (χ0n) is 32.5. The fraction of sp³-hybridized carbons (Fsp3) is 0.245. The summed E-state index contributed by atoms with van der Waals surface area (Å²) < 4.78 is 0. The highest BCUT2D eigenvalue weighted by atomic mass is 15.0. The predicted molar refractivity (Wildman–Crippen MR) is 241 cm³/mol. The molecule has 0 aliphatic heterocycles. The molecule has 2 saturated carbocycles. The zero-order chi connectivity index (χ0) is 39.2. The standard InChI is InChI=1S/C49H38B5N3/c1-3-27-22-28-21-26(2)49(32(23-27)24-28)37-16-10-9-15-35(37)39-34-14-8-7-13-33(34)36(25-38(39)49)47-55-46(31-19-17-30(18-20-31)29-11-5-4-6-12-29)56-48(57-47)40-41(50)43(52)45(54)44(53)42(40)51/h4-20,25-28,32H,3,21-24H2,1-2H3. The Morgan fingerprint density at radius 3 is 1.86 bits per heavy atom. The van der Waals surface area contributed by atoms with Gasteiger partial charge in [-0.3, -0.25) is 0 Å². The van der Waals surface area contributed by atoms with Crippen molar-refractivity contribution >= 4 is 77.3 Å². The lowest BCUT2D eigenvalue weighted by atomic mass is 9.49. The van der Waals surface area contributed by atoms with Crippen molar-refractivity contribution in [3.05, 3.63) is 120 Å². The van der Waals surface area contributed by atoms with Gasteiger partial charge in [-0.1, -0.05) is 134 Å². The van der Waals surface area contributed by atoms with E-state index in [0.717, 1.165) is 39.5 Å². The van der Waals surface area contributed by atoms with E-state index in [9.17, 15) is 0 Å². The molecule has 10 rings (SSSR count). The van der Waals surface area contributed by atoms with Crippen molar-refractivity contribution in [1.82, 2.24) is 15.0 Å². The molecule has 1 spiro atoms. The number of aromatic nitrogens is 3. The first-order valence-electron chi connectivity index (χ1n) is 20.3. The first-order chi connectivity index (χ1) is 27.7. The molecule has 264 valence electrons. The third kappa shape index (κ3) is 5.49. The van der Waals surface area contributed by atoms with Gasteiger partial charge in [-0.15, -0.1) is 16.4 Å². The van der Waals surface area contributed by atoms with Gasteiger partial charge in [0.1, 0.15) is 39.2 Å². The second-order valence-electron chi connectivity index (χ2n) is 16.7. The van der Waals surface area contributed by atoms with Crippen LogP contribution in [0.25, 0.3) is 67.2 Å². The van der Waals surface area contributed by atoms with Crippen LogP contribution in [0.5, 0.6) is 0 Å². The average molecular weight is 723 g/mol. The van der Waals surface area contributed by atoms with E-state index in [4.69, 9.17) is 54.2 Å². The van der Waals surface area contributed by atoms with Crippen LogP contribution < -0.4 is 27.3 Å². The van der Waals surface area contributed by atoms with E-state index >= 15 is 0 Å². The highest BCUT2D eigenvalue weighted by Crippen LogP contribution is 2.66. The highest BCUT2D eigenvalue weighted by molar-refractivity contribution is 6.68. The lowest BCUT2D eigenvalue weighted by Gasteiger charge is -2.54. The Morgan fingerprint density at radius 2 is 1.12 bits per heavy atom. The highest BCUT2D eigenvalue weighted by Gasteiger charge is 2.57. The van der Waals surface area contributed by atoms with Crippen LogP contribution in [0.3, 0.4) is 0 Å². The molecule has 3 aliphatic carbocycles. The van der Waals surface area contributed by atoms with Crippen molar-refractivity contribution in [3.8, 4) is 56.4 Å². The normalized spacial score (nSPS) is 22.1. The summed E-state index contributed by atoms with van der Waals surface area (Å²) >= 11 is 0. The van der Waals surface area contributed by atoms with E-state index in [1.54, 1.807) is 0 Å². The molecule has 5 atom stereocenters. The lowest BCUT2D eigenvalue weighted by molar-refractivity contribution is 0.0369. The van der Waals surface area contributed by atoms with Gasteiger partial charge in [-0.25, -0.2) is 15.0 Å². The van der Waals surface area contributed by atoms with E-state index in [1.165, 1.54) is 59.7 Å². The van der Waals surface area contributed by atoms with Crippen LogP contribution in [0.2, 0.25) is 0 Å². The minimum Gasteiger partial charge on any atom is -0.208 e. The van der Waals surface area contributed by atoms with Gasteiger partial charge < -0.3 is 0 Å². The number of hydrogen-bond acceptors (Lipinski definition) is 3. The Bertz CT molecular complexity index is 2700. The second kappa shape index (κ2) is 13.8. The fourth-order valence-electron chi connectivity index (χ4n) is 11.2. The summed E-state index contributed by atoms with van der Waals surface area (Å²) in [5.41, 5.74) is 10.6. The van der Waals surface area contributed by atoms with Gasteiger partial charge in [0, 0.05) is 22.1 Å². The van der Waals surface area contributed by atoms with E-state index < -0.39 is 0 Å². The van der Waals surface area contributed by atoms with Gasteiger partial charge >= 0.3 is 0 Å². The molecule has 6 aromatic carbocycles. The molecule has 0 N–H and O–H groups in total. The lowest BCUT2D eigenvalue weighted by Crippen LogP contribution is -2.55. The van der Waals surface area contributed by atoms with Crippen LogP contribution in [0.1, 0.15) is 57.1 Å². The van der Waals surface area contributed by atoms with Crippen LogP contribution in [0, 0.1) is 23.7 Å². The average Bonchev–Trinajstić information content (AvgIpc) is 3.55. The van der Waals surface area contributed by atoms with E-state index in [0.29, 0.717) is 29.0 Å². The van der Waals surface area contributed by atoms with E-state index in [-0.39, 0.29) is 38.6 Å². The maximum Gasteiger partial charge on any atom is 0.164 e. The Balaban J connectivity index is 1.25. The molecule has 1 heterocycles. The summed E-state index contributed by atoms with van der Waals surface area (Å²) in [7, 11) is 32.5. The first-order valence-corrected chi connectivity index (χ1v) is 20.3. The maximum absolute atomic E-state index is 6.70. The van der Waals surface area contributed by atoms with Gasteiger partial charge in [-0.05, 0) is 99.6 Å². The molecule has 2 fully saturated rings. The van der Waals surface area contributed by atoms with Crippen LogP contribution in [-0.2, 0) is 5.41 Å². The van der Waals surface area contributed by atoms with Gasteiger partial charge in [0.05, 0.1) is 0 Å². The van der Waals surface area contributed by atoms with Crippen LogP contribution in [0.4, 0.5) is 0 Å². The molecule has 0 amide bonds. The SMILES string of the molecule is [B]c1c([B])c([B])c(-c2nc(-c3ccc(-c4ccccc4)cc3)nc(-c3cc4c(c5ccccc35)-c3ccccc3C43C(C)CC4CC(CC)CC3C4)n2)c([B])c1[B]. The minimum absolute atomic E-state index is 0.129. The van der Waals surface area contributed by atoms with Gasteiger partial charge in [0.15, 0.2) is 17.5 Å². The maximum atomic E-state index is 6.70. The van der Waals surface area contributed by atoms with Crippen LogP contribution >= 0.6 is 0 Å². The predicted octanol–water partition coefficient (Wildman–Crippen LogP) is 6.41. The van der Waals surface area contributed by atoms with Crippen LogP contribution in [-0.4, -0.2) is 54.2 Å². The smallest absolute Gasteiger partial charge is 0.164 e. The third-order valence-electron chi connectivity index (χ3n) is 13.8. The van der Waals surface area contributed by atoms with Crippen LogP contribution in [0.15, 0.2) is 109 Å². The van der Waals surface area contributed by atoms with E-state index in [1.807, 2.05) is 30.3 Å². The second-order valence-corrected chi connectivity index (χ2v) is 16.7. The monoisotopic (exact) mass is 723 g/mol. The summed E-state index contributed by atoms with van der Waals surface area (Å²) in [5, 5.41) is 2.27. The first kappa shape index (κ1) is 36.3. The molecule has 3 nitrogen and oxygen atoms in total. The molecule has 8 heteroatoms. The van der Waals surface area contributed by atoms with Gasteiger partial charge in [0.2, 0.25) is 0 Å². The molecule has 7 aromatic rings. The van der Waals surface area contributed by atoms with Crippen molar-refractivity contribution in [2.75, 3.05) is 0 Å². The molecule has 0 saturated heterocycles. The number of fused-ring (bicyclic) bond motifs is 10. The van der Waals surface area contributed by atoms with Crippen molar-refractivity contribution in [2.45, 2.75) is 51.4 Å². The quantitative estimate of drug-likeness (QED) is 0.193. The summed E-state index contributed by atoms with van der Waals surface area (Å²) in [6, 6.07) is 38.9. The van der Waals surface area contributed by atoms with Crippen molar-refractivity contribution in [2.24, 2.45) is 23.7 Å². The molecule has 3 aliphatic rings. The van der Waals surface area contributed by atoms with E-state index in [2.05, 4.69) is 92.7 Å². The topological polar surface area (TPSA) is 38.7 Å². The number of benzene rings is 6. The summed E-state index contributed by atoms with van der Waals surface area (Å²) in [4.78, 5) is 15.6. The Morgan fingerprint density at radius 1 is 0.526 bits per heavy atom. The Hall–Kier alpha value is -5.09. The largest absolute Gasteiger partial charge is 0.208 e. The molecular formula is C49H38B5N3. The summed E-state index contributed by atoms with van der Waals surface area (Å²) in [6.45, 7) is 4.88. The Labute approximate surface area is 342 Å². The fourth-order valence-corrected chi connectivity index (χ4v) is 11.2. The summed E-state index contributed by atoms with van der Waals surface area (Å²) in [5.74, 6) is 3.80. The molecule has 2 bridgehead atoms. The number of rotatable bonds is 5. The molecule has 5 unspecified atom stereocenters. The van der Waals surface area contributed by atoms with Crippen molar-refractivity contribution in [3.63, 3.8) is 0 Å².